The molecule has 1 N–H and O–H groups in total. The summed E-state index contributed by atoms with van der Waals surface area (Å²) in [6.45, 7) is 7.11. The summed E-state index contributed by atoms with van der Waals surface area (Å²) < 4.78 is 33.2. The molecule has 0 fully saturated rings. The molecule has 0 aliphatic carbocycles. The van der Waals surface area contributed by atoms with E-state index < -0.39 is 33.2 Å². The van der Waals surface area contributed by atoms with Gasteiger partial charge in [0.1, 0.15) is 12.3 Å². The summed E-state index contributed by atoms with van der Waals surface area (Å²) in [4.78, 5) is 21.8. The molecule has 0 aliphatic heterocycles. The van der Waals surface area contributed by atoms with Crippen molar-refractivity contribution >= 4 is 21.7 Å². The van der Waals surface area contributed by atoms with Crippen molar-refractivity contribution in [1.82, 2.24) is 4.31 Å². The van der Waals surface area contributed by atoms with E-state index in [1.54, 1.807) is 24.3 Å². The van der Waals surface area contributed by atoms with Gasteiger partial charge < -0.3 is 9.84 Å². The molecular weight excluding hydrogens is 424 g/mol. The first-order valence-corrected chi connectivity index (χ1v) is 10.6. The van der Waals surface area contributed by atoms with Crippen LogP contribution in [0.2, 0.25) is 0 Å². The largest absolute Gasteiger partial charge is 0.480 e. The van der Waals surface area contributed by atoms with Gasteiger partial charge in [-0.25, -0.2) is 8.42 Å². The molecule has 2 aromatic rings. The van der Waals surface area contributed by atoms with E-state index in [4.69, 9.17) is 4.74 Å². The predicted octanol–water partition coefficient (Wildman–Crippen LogP) is 3.34. The van der Waals surface area contributed by atoms with Gasteiger partial charge in [-0.1, -0.05) is 43.0 Å². The number of carbonyl (C=O) groups is 1. The maximum absolute atomic E-state index is 13.4. The molecule has 9 nitrogen and oxygen atoms in total. The molecule has 0 bridgehead atoms. The Kier molecular flexibility index (Phi) is 8.20. The van der Waals surface area contributed by atoms with E-state index in [9.17, 15) is 28.4 Å². The average molecular weight is 446 g/mol. The normalized spacial score (nSPS) is 13.3. The standard InChI is InChI=1S/C21H22N2O7S/c1-3-8-19(21(24)25)22(20(4-2)30-15-16-9-6-5-7-10-16)31(28,29)18-13-11-17(12-14-18)23(26)27/h3-7,9-14,19-20H,1-2,8,15H2,(H,24,25). The van der Waals surface area contributed by atoms with Crippen molar-refractivity contribution in [3.8, 4) is 0 Å². The third-order valence-corrected chi connectivity index (χ3v) is 6.21. The van der Waals surface area contributed by atoms with Crippen LogP contribution in [0.15, 0.2) is 84.8 Å². The van der Waals surface area contributed by atoms with Gasteiger partial charge in [0.05, 0.1) is 16.4 Å². The van der Waals surface area contributed by atoms with Crippen molar-refractivity contribution in [3.05, 3.63) is 95.6 Å². The zero-order chi connectivity index (χ0) is 23.0. The van der Waals surface area contributed by atoms with E-state index in [-0.39, 0.29) is 23.6 Å². The van der Waals surface area contributed by atoms with Crippen LogP contribution in [0, 0.1) is 10.1 Å². The summed E-state index contributed by atoms with van der Waals surface area (Å²) in [5, 5.41) is 20.6. The lowest BCUT2D eigenvalue weighted by atomic mass is 10.2. The quantitative estimate of drug-likeness (QED) is 0.229. The second-order valence-corrected chi connectivity index (χ2v) is 8.23. The lowest BCUT2D eigenvalue weighted by Crippen LogP contribution is -2.50. The number of hydrogen-bond donors (Lipinski definition) is 1. The van der Waals surface area contributed by atoms with Gasteiger partial charge in [0.15, 0.2) is 0 Å². The summed E-state index contributed by atoms with van der Waals surface area (Å²) >= 11 is 0. The number of ether oxygens (including phenoxy) is 1. The van der Waals surface area contributed by atoms with Crippen LogP contribution in [0.4, 0.5) is 5.69 Å². The summed E-state index contributed by atoms with van der Waals surface area (Å²) in [5.41, 5.74) is 0.449. The zero-order valence-electron chi connectivity index (χ0n) is 16.5. The molecular formula is C21H22N2O7S. The predicted molar refractivity (Wildman–Crippen MR) is 114 cm³/mol. The number of sulfonamides is 1. The number of nitro benzene ring substituents is 1. The number of non-ortho nitro benzene ring substituents is 1. The van der Waals surface area contributed by atoms with E-state index in [2.05, 4.69) is 13.2 Å². The van der Waals surface area contributed by atoms with Crippen molar-refractivity contribution in [1.29, 1.82) is 0 Å². The van der Waals surface area contributed by atoms with Crippen LogP contribution in [-0.2, 0) is 26.2 Å². The molecule has 2 aromatic carbocycles. The van der Waals surface area contributed by atoms with E-state index >= 15 is 0 Å². The molecule has 31 heavy (non-hydrogen) atoms. The zero-order valence-corrected chi connectivity index (χ0v) is 17.3. The molecule has 0 aromatic heterocycles. The first kappa shape index (κ1) is 23.9. The number of benzene rings is 2. The molecule has 0 saturated carbocycles. The molecule has 0 amide bonds. The first-order valence-electron chi connectivity index (χ1n) is 9.12. The van der Waals surface area contributed by atoms with E-state index in [1.807, 2.05) is 6.07 Å². The van der Waals surface area contributed by atoms with Crippen molar-refractivity contribution in [2.75, 3.05) is 0 Å². The number of carboxylic acid groups (broad SMARTS) is 1. The summed E-state index contributed by atoms with van der Waals surface area (Å²) in [7, 11) is -4.44. The fourth-order valence-electron chi connectivity index (χ4n) is 2.82. The van der Waals surface area contributed by atoms with Crippen LogP contribution in [-0.4, -0.2) is 41.0 Å². The Morgan fingerprint density at radius 1 is 1.16 bits per heavy atom. The van der Waals surface area contributed by atoms with Crippen LogP contribution in [0.3, 0.4) is 0 Å². The van der Waals surface area contributed by atoms with E-state index in [0.717, 1.165) is 29.8 Å². The van der Waals surface area contributed by atoms with Crippen molar-refractivity contribution in [2.24, 2.45) is 0 Å². The Morgan fingerprint density at radius 2 is 1.77 bits per heavy atom. The molecule has 0 aliphatic rings. The minimum Gasteiger partial charge on any atom is -0.480 e. The number of rotatable bonds is 12. The van der Waals surface area contributed by atoms with Gasteiger partial charge in [-0.2, -0.15) is 4.31 Å². The summed E-state index contributed by atoms with van der Waals surface area (Å²) in [6, 6.07) is 11.5. The molecule has 10 heteroatoms. The number of hydrogen-bond acceptors (Lipinski definition) is 6. The highest BCUT2D eigenvalue weighted by Gasteiger charge is 2.40. The van der Waals surface area contributed by atoms with Crippen LogP contribution in [0.1, 0.15) is 12.0 Å². The first-order chi connectivity index (χ1) is 14.7. The SMILES string of the molecule is C=CCC(C(=O)O)N(C(C=C)OCc1ccccc1)S(=O)(=O)c1ccc([N+](=O)[O-])cc1. The maximum atomic E-state index is 13.4. The molecule has 0 heterocycles. The Labute approximate surface area is 180 Å². The highest BCUT2D eigenvalue weighted by Crippen LogP contribution is 2.26. The Balaban J connectivity index is 2.48. The van der Waals surface area contributed by atoms with Crippen LogP contribution in [0.5, 0.6) is 0 Å². The van der Waals surface area contributed by atoms with Gasteiger partial charge in [-0.3, -0.25) is 14.9 Å². The van der Waals surface area contributed by atoms with Crippen molar-refractivity contribution < 1.29 is 28.0 Å². The Morgan fingerprint density at radius 3 is 2.26 bits per heavy atom. The van der Waals surface area contributed by atoms with Gasteiger partial charge >= 0.3 is 5.97 Å². The fourth-order valence-corrected chi connectivity index (χ4v) is 4.47. The van der Waals surface area contributed by atoms with E-state index in [1.165, 1.54) is 12.2 Å². The fraction of sp³-hybridized carbons (Fsp3) is 0.190. The van der Waals surface area contributed by atoms with Gasteiger partial charge in [0, 0.05) is 12.1 Å². The molecule has 164 valence electrons. The topological polar surface area (TPSA) is 127 Å². The van der Waals surface area contributed by atoms with Crippen molar-refractivity contribution in [2.45, 2.75) is 30.2 Å². The maximum Gasteiger partial charge on any atom is 0.322 e. The Hall–Kier alpha value is -3.34. The summed E-state index contributed by atoms with van der Waals surface area (Å²) in [6.07, 6.45) is 0.960. The smallest absolute Gasteiger partial charge is 0.322 e. The number of aliphatic carboxylic acids is 1. The molecule has 2 unspecified atom stereocenters. The van der Waals surface area contributed by atoms with Crippen LogP contribution < -0.4 is 0 Å². The Bertz CT molecular complexity index is 1040. The molecule has 2 rings (SSSR count). The minimum atomic E-state index is -4.44. The lowest BCUT2D eigenvalue weighted by molar-refractivity contribution is -0.384. The molecule has 2 atom stereocenters. The van der Waals surface area contributed by atoms with Crippen LogP contribution >= 0.6 is 0 Å². The van der Waals surface area contributed by atoms with Gasteiger partial charge in [0.2, 0.25) is 10.0 Å². The second-order valence-electron chi connectivity index (χ2n) is 6.39. The lowest BCUT2D eigenvalue weighted by Gasteiger charge is -2.33. The average Bonchev–Trinajstić information content (AvgIpc) is 2.76. The van der Waals surface area contributed by atoms with E-state index in [0.29, 0.717) is 4.31 Å². The molecule has 0 radical (unpaired) electrons. The number of carboxylic acids is 1. The van der Waals surface area contributed by atoms with Gasteiger partial charge in [-0.15, -0.1) is 6.58 Å². The van der Waals surface area contributed by atoms with Gasteiger partial charge in [0.25, 0.3) is 5.69 Å². The summed E-state index contributed by atoms with van der Waals surface area (Å²) in [5.74, 6) is -1.40. The van der Waals surface area contributed by atoms with Crippen molar-refractivity contribution in [3.63, 3.8) is 0 Å². The van der Waals surface area contributed by atoms with Crippen LogP contribution in [0.25, 0.3) is 0 Å². The number of nitrogens with zero attached hydrogens (tertiary/aromatic N) is 2. The minimum absolute atomic E-state index is 0.00420. The molecule has 0 spiro atoms. The second kappa shape index (κ2) is 10.6. The van der Waals surface area contributed by atoms with Gasteiger partial charge in [-0.05, 0) is 30.2 Å². The third kappa shape index (κ3) is 5.85. The highest BCUT2D eigenvalue weighted by molar-refractivity contribution is 7.89. The monoisotopic (exact) mass is 446 g/mol. The number of nitro groups is 1. The molecule has 0 saturated heterocycles. The highest BCUT2D eigenvalue weighted by atomic mass is 32.2. The third-order valence-electron chi connectivity index (χ3n) is 4.32.